The number of carboxylic acid groups (broad SMARTS) is 1. The van der Waals surface area contributed by atoms with E-state index in [-0.39, 0.29) is 13.2 Å². The van der Waals surface area contributed by atoms with Gasteiger partial charge in [0.2, 0.25) is 5.91 Å². The summed E-state index contributed by atoms with van der Waals surface area (Å²) in [6.07, 6.45) is -0.667. The Morgan fingerprint density at radius 2 is 1.83 bits per heavy atom. The maximum atomic E-state index is 13.1. The maximum Gasteiger partial charge on any atom is 0.330 e. The number of halogens is 1. The minimum atomic E-state index is -1.24. The van der Waals surface area contributed by atoms with Crippen LogP contribution in [0.4, 0.5) is 4.39 Å². The molecule has 3 N–H and O–H groups in total. The molecule has 1 aliphatic heterocycles. The van der Waals surface area contributed by atoms with Crippen LogP contribution in [0, 0.1) is 12.7 Å². The molecule has 0 aliphatic carbocycles. The van der Waals surface area contributed by atoms with E-state index < -0.39 is 29.8 Å². The zero-order valence-corrected chi connectivity index (χ0v) is 20.7. The average Bonchev–Trinajstić information content (AvgIpc) is 3.22. The van der Waals surface area contributed by atoms with Crippen molar-refractivity contribution in [1.82, 2.24) is 20.1 Å². The molecule has 192 valence electrons. The van der Waals surface area contributed by atoms with Crippen molar-refractivity contribution in [3.05, 3.63) is 58.9 Å². The van der Waals surface area contributed by atoms with Crippen molar-refractivity contribution >= 4 is 33.4 Å². The summed E-state index contributed by atoms with van der Waals surface area (Å²) in [4.78, 5) is 32.6. The molecule has 36 heavy (non-hydrogen) atoms. The summed E-state index contributed by atoms with van der Waals surface area (Å²) in [6, 6.07) is 9.50. The van der Waals surface area contributed by atoms with Gasteiger partial charge in [0.1, 0.15) is 24.3 Å². The molecular formula is C25H29FN4O5S. The fourth-order valence-corrected chi connectivity index (χ4v) is 4.95. The Hall–Kier alpha value is -3.12. The second-order valence-electron chi connectivity index (χ2n) is 8.79. The third-order valence-corrected chi connectivity index (χ3v) is 6.92. The Morgan fingerprint density at radius 1 is 1.14 bits per heavy atom. The van der Waals surface area contributed by atoms with E-state index in [0.717, 1.165) is 27.4 Å². The topological polar surface area (TPSA) is 115 Å². The second-order valence-corrected chi connectivity index (χ2v) is 10.0. The quantitative estimate of drug-likeness (QED) is 0.375. The molecule has 0 unspecified atom stereocenters. The highest BCUT2D eigenvalue weighted by molar-refractivity contribution is 7.18. The van der Waals surface area contributed by atoms with Gasteiger partial charge < -0.3 is 20.3 Å². The predicted octanol–water partition coefficient (Wildman–Crippen LogP) is 2.04. The normalized spacial score (nSPS) is 16.5. The Morgan fingerprint density at radius 3 is 2.53 bits per heavy atom. The molecule has 2 heterocycles. The third-order valence-electron chi connectivity index (χ3n) is 5.97. The van der Waals surface area contributed by atoms with E-state index in [2.05, 4.69) is 15.2 Å². The van der Waals surface area contributed by atoms with Gasteiger partial charge in [-0.1, -0.05) is 12.1 Å². The van der Waals surface area contributed by atoms with E-state index in [1.165, 1.54) is 12.1 Å². The number of aliphatic hydroxyl groups excluding tert-OH is 1. The van der Waals surface area contributed by atoms with Gasteiger partial charge in [0.05, 0.1) is 21.8 Å². The Balaban J connectivity index is 1.18. The van der Waals surface area contributed by atoms with Gasteiger partial charge in [-0.25, -0.2) is 14.2 Å². The molecule has 1 amide bonds. The highest BCUT2D eigenvalue weighted by Crippen LogP contribution is 2.25. The van der Waals surface area contributed by atoms with Crippen LogP contribution in [0.15, 0.2) is 42.5 Å². The molecule has 0 spiro atoms. The van der Waals surface area contributed by atoms with Crippen molar-refractivity contribution in [3.63, 3.8) is 0 Å². The molecule has 0 bridgehead atoms. The number of hydrogen-bond acceptors (Lipinski definition) is 8. The summed E-state index contributed by atoms with van der Waals surface area (Å²) in [5.41, 5.74) is 1.19. The van der Waals surface area contributed by atoms with Gasteiger partial charge >= 0.3 is 5.97 Å². The number of nitrogens with one attached hydrogen (secondary N) is 1. The second kappa shape index (κ2) is 11.7. The molecule has 1 fully saturated rings. The van der Waals surface area contributed by atoms with Crippen LogP contribution in [0.1, 0.15) is 16.6 Å². The van der Waals surface area contributed by atoms with Crippen LogP contribution in [0.2, 0.25) is 0 Å². The molecule has 3 aromatic rings. The number of hydrogen-bond donors (Lipinski definition) is 3. The number of aliphatic hydroxyl groups is 1. The van der Waals surface area contributed by atoms with E-state index in [4.69, 9.17) is 4.74 Å². The van der Waals surface area contributed by atoms with Crippen LogP contribution in [-0.4, -0.2) is 88.9 Å². The number of piperazine rings is 1. The van der Waals surface area contributed by atoms with Crippen LogP contribution in [0.3, 0.4) is 0 Å². The number of nitrogens with zero attached hydrogens (tertiary/aromatic N) is 3. The third kappa shape index (κ3) is 6.97. The standard InChI is InChI=1S/C25H29FN4O5S/c1-16-27-21-12-20(6-7-22(21)36-16)35-15-19(31)13-29-8-10-30(11-9-29)14-23(32)28-24(25(33)34)17-2-4-18(26)5-3-17/h2-7,12,19,24,31H,8-11,13-15H2,1H3,(H,28,32)(H,33,34)/t19-,24-/m0/s1. The summed E-state index contributed by atoms with van der Waals surface area (Å²) in [5.74, 6) is -1.43. The summed E-state index contributed by atoms with van der Waals surface area (Å²) >= 11 is 1.63. The molecule has 1 saturated heterocycles. The van der Waals surface area contributed by atoms with Gasteiger partial charge in [-0.05, 0) is 36.8 Å². The number of β-amino-alcohol motifs (C(OH)–C–C–N with tert-alkyl or cyclic N) is 1. The fraction of sp³-hybridized carbons (Fsp3) is 0.400. The average molecular weight is 517 g/mol. The molecule has 9 nitrogen and oxygen atoms in total. The van der Waals surface area contributed by atoms with E-state index >= 15 is 0 Å². The molecule has 1 aliphatic rings. The van der Waals surface area contributed by atoms with E-state index in [1.807, 2.05) is 30.0 Å². The monoisotopic (exact) mass is 516 g/mol. The lowest BCUT2D eigenvalue weighted by atomic mass is 10.1. The molecule has 11 heteroatoms. The first kappa shape index (κ1) is 26.0. The number of aliphatic carboxylic acids is 1. The largest absolute Gasteiger partial charge is 0.491 e. The van der Waals surface area contributed by atoms with Crippen LogP contribution in [-0.2, 0) is 9.59 Å². The van der Waals surface area contributed by atoms with Crippen LogP contribution >= 0.6 is 11.3 Å². The predicted molar refractivity (Wildman–Crippen MR) is 134 cm³/mol. The number of aromatic nitrogens is 1. The Labute approximate surface area is 212 Å². The van der Waals surface area contributed by atoms with E-state index in [1.54, 1.807) is 11.3 Å². The molecule has 2 atom stereocenters. The first-order valence-electron chi connectivity index (χ1n) is 11.7. The minimum absolute atomic E-state index is 0.0586. The molecule has 1 aromatic heterocycles. The zero-order valence-electron chi connectivity index (χ0n) is 19.9. The number of ether oxygens (including phenoxy) is 1. The Kier molecular flexibility index (Phi) is 8.47. The van der Waals surface area contributed by atoms with Gasteiger partial charge in [0.25, 0.3) is 0 Å². The van der Waals surface area contributed by atoms with E-state index in [9.17, 15) is 24.2 Å². The molecule has 4 rings (SSSR count). The number of carboxylic acids is 1. The molecule has 2 aromatic carbocycles. The number of amides is 1. The number of carbonyl (C=O) groups excluding carboxylic acids is 1. The van der Waals surface area contributed by atoms with Gasteiger partial charge in [0.15, 0.2) is 6.04 Å². The summed E-state index contributed by atoms with van der Waals surface area (Å²) < 4.78 is 20.0. The molecule has 0 radical (unpaired) electrons. The summed E-state index contributed by atoms with van der Waals surface area (Å²) in [6.45, 7) is 5.17. The molecule has 0 saturated carbocycles. The Bertz CT molecular complexity index is 1200. The van der Waals surface area contributed by atoms with Crippen LogP contribution in [0.5, 0.6) is 5.75 Å². The van der Waals surface area contributed by atoms with Crippen molar-refractivity contribution < 1.29 is 28.9 Å². The van der Waals surface area contributed by atoms with Gasteiger partial charge in [-0.3, -0.25) is 14.6 Å². The number of fused-ring (bicyclic) bond motifs is 1. The number of thiazole rings is 1. The lowest BCUT2D eigenvalue weighted by Crippen LogP contribution is -2.51. The highest BCUT2D eigenvalue weighted by atomic mass is 32.1. The SMILES string of the molecule is Cc1nc2cc(OC[C@@H](O)CN3CCN(CC(=O)N[C@H](C(=O)O)c4ccc(F)cc4)CC3)ccc2s1. The maximum absolute atomic E-state index is 13.1. The number of rotatable bonds is 10. The van der Waals surface area contributed by atoms with Gasteiger partial charge in [-0.2, -0.15) is 0 Å². The smallest absolute Gasteiger partial charge is 0.330 e. The van der Waals surface area contributed by atoms with Crippen molar-refractivity contribution in [2.75, 3.05) is 45.9 Å². The lowest BCUT2D eigenvalue weighted by Gasteiger charge is -2.35. The van der Waals surface area contributed by atoms with Crippen molar-refractivity contribution in [1.29, 1.82) is 0 Å². The van der Waals surface area contributed by atoms with Crippen molar-refractivity contribution in [2.45, 2.75) is 19.1 Å². The zero-order chi connectivity index (χ0) is 25.7. The number of benzene rings is 2. The highest BCUT2D eigenvalue weighted by Gasteiger charge is 2.25. The van der Waals surface area contributed by atoms with Crippen molar-refractivity contribution in [2.24, 2.45) is 0 Å². The first-order valence-corrected chi connectivity index (χ1v) is 12.5. The number of carbonyl (C=O) groups is 2. The van der Waals surface area contributed by atoms with Crippen LogP contribution in [0.25, 0.3) is 10.2 Å². The summed E-state index contributed by atoms with van der Waals surface area (Å²) in [7, 11) is 0. The first-order chi connectivity index (χ1) is 17.3. The van der Waals surface area contributed by atoms with E-state index in [0.29, 0.717) is 44.0 Å². The molecular weight excluding hydrogens is 487 g/mol. The van der Waals surface area contributed by atoms with Crippen LogP contribution < -0.4 is 10.1 Å². The summed E-state index contributed by atoms with van der Waals surface area (Å²) in [5, 5.41) is 23.4. The van der Waals surface area contributed by atoms with Gasteiger partial charge in [0, 0.05) is 38.8 Å². The fourth-order valence-electron chi connectivity index (χ4n) is 4.14. The number of aryl methyl sites for hydroxylation is 1. The lowest BCUT2D eigenvalue weighted by molar-refractivity contribution is -0.142. The van der Waals surface area contributed by atoms with Gasteiger partial charge in [-0.15, -0.1) is 11.3 Å². The minimum Gasteiger partial charge on any atom is -0.491 e. The van der Waals surface area contributed by atoms with Crippen molar-refractivity contribution in [3.8, 4) is 5.75 Å².